The summed E-state index contributed by atoms with van der Waals surface area (Å²) in [4.78, 5) is 0. The van der Waals surface area contributed by atoms with Crippen LogP contribution in [0.15, 0.2) is 18.2 Å². The van der Waals surface area contributed by atoms with Crippen molar-refractivity contribution in [3.05, 3.63) is 23.2 Å². The summed E-state index contributed by atoms with van der Waals surface area (Å²) >= 11 is 6.05. The van der Waals surface area contributed by atoms with Crippen molar-refractivity contribution >= 4 is 17.3 Å². The molecule has 1 aromatic carbocycles. The van der Waals surface area contributed by atoms with E-state index in [0.717, 1.165) is 5.69 Å². The number of hydrogen-bond donors (Lipinski definition) is 3. The number of benzene rings is 1. The van der Waals surface area contributed by atoms with Gasteiger partial charge in [-0.3, -0.25) is 0 Å². The third-order valence-corrected chi connectivity index (χ3v) is 2.34. The Morgan fingerprint density at radius 2 is 2.12 bits per heavy atom. The lowest BCUT2D eigenvalue weighted by Crippen LogP contribution is -2.22. The van der Waals surface area contributed by atoms with Gasteiger partial charge in [0, 0.05) is 12.2 Å². The number of rotatable bonds is 6. The predicted octanol–water partition coefficient (Wildman–Crippen LogP) is 1.89. The molecule has 0 aliphatic carbocycles. The van der Waals surface area contributed by atoms with E-state index in [1.807, 2.05) is 19.9 Å². The monoisotopic (exact) mass is 259 g/mol. The van der Waals surface area contributed by atoms with Crippen LogP contribution in [-0.2, 0) is 0 Å². The third-order valence-electron chi connectivity index (χ3n) is 2.05. The molecule has 0 saturated heterocycles. The number of halogens is 1. The molecule has 5 heteroatoms. The summed E-state index contributed by atoms with van der Waals surface area (Å²) in [6.07, 6.45) is -0.706. The number of aliphatic hydroxyl groups is 2. The van der Waals surface area contributed by atoms with Gasteiger partial charge in [0.25, 0.3) is 0 Å². The molecule has 17 heavy (non-hydrogen) atoms. The lowest BCUT2D eigenvalue weighted by atomic mass is 10.2. The highest BCUT2D eigenvalue weighted by molar-refractivity contribution is 6.32. The quantitative estimate of drug-likeness (QED) is 0.730. The van der Waals surface area contributed by atoms with Gasteiger partial charge >= 0.3 is 0 Å². The molecule has 0 aromatic heterocycles. The zero-order chi connectivity index (χ0) is 12.8. The van der Waals surface area contributed by atoms with Crippen molar-refractivity contribution < 1.29 is 14.9 Å². The molecule has 1 atom stereocenters. The molecule has 1 rings (SSSR count). The van der Waals surface area contributed by atoms with Crippen LogP contribution in [0.5, 0.6) is 5.75 Å². The van der Waals surface area contributed by atoms with E-state index in [-0.39, 0.29) is 19.3 Å². The van der Waals surface area contributed by atoms with Gasteiger partial charge in [0.15, 0.2) is 0 Å². The van der Waals surface area contributed by atoms with Gasteiger partial charge in [-0.25, -0.2) is 0 Å². The van der Waals surface area contributed by atoms with Gasteiger partial charge in [0.05, 0.1) is 23.8 Å². The minimum absolute atomic E-state index is 0.0718. The summed E-state index contributed by atoms with van der Waals surface area (Å²) < 4.78 is 5.50. The Hall–Kier alpha value is -0.970. The lowest BCUT2D eigenvalue weighted by Gasteiger charge is -2.14. The Balaban J connectivity index is 2.62. The average Bonchev–Trinajstić information content (AvgIpc) is 2.28. The van der Waals surface area contributed by atoms with E-state index >= 15 is 0 Å². The third kappa shape index (κ3) is 4.81. The van der Waals surface area contributed by atoms with Gasteiger partial charge < -0.3 is 20.3 Å². The van der Waals surface area contributed by atoms with Crippen molar-refractivity contribution in [2.24, 2.45) is 0 Å². The molecule has 0 saturated carbocycles. The zero-order valence-corrected chi connectivity index (χ0v) is 10.7. The SMILES string of the molecule is CC(C)Oc1ccc(NCC(O)CO)cc1Cl. The molecule has 1 unspecified atom stereocenters. The molecule has 96 valence electrons. The molecule has 0 amide bonds. The topological polar surface area (TPSA) is 61.7 Å². The summed E-state index contributed by atoms with van der Waals surface area (Å²) in [6.45, 7) is 3.87. The van der Waals surface area contributed by atoms with Gasteiger partial charge in [0.1, 0.15) is 5.75 Å². The molecule has 1 aromatic rings. The largest absolute Gasteiger partial charge is 0.489 e. The maximum atomic E-state index is 9.19. The first-order valence-electron chi connectivity index (χ1n) is 5.52. The van der Waals surface area contributed by atoms with Crippen molar-refractivity contribution in [3.8, 4) is 5.75 Å². The van der Waals surface area contributed by atoms with Gasteiger partial charge in [-0.05, 0) is 32.0 Å². The fraction of sp³-hybridized carbons (Fsp3) is 0.500. The fourth-order valence-corrected chi connectivity index (χ4v) is 1.49. The Labute approximate surface area is 106 Å². The Morgan fingerprint density at radius 3 is 2.65 bits per heavy atom. The van der Waals surface area contributed by atoms with E-state index in [2.05, 4.69) is 5.32 Å². The van der Waals surface area contributed by atoms with Crippen LogP contribution in [0.4, 0.5) is 5.69 Å². The normalized spacial score (nSPS) is 12.6. The van der Waals surface area contributed by atoms with Crippen LogP contribution in [0.2, 0.25) is 5.02 Å². The van der Waals surface area contributed by atoms with E-state index in [1.165, 1.54) is 0 Å². The number of ether oxygens (including phenoxy) is 1. The highest BCUT2D eigenvalue weighted by Gasteiger charge is 2.06. The van der Waals surface area contributed by atoms with E-state index in [9.17, 15) is 5.11 Å². The Morgan fingerprint density at radius 1 is 1.41 bits per heavy atom. The van der Waals surface area contributed by atoms with Crippen molar-refractivity contribution in [3.63, 3.8) is 0 Å². The van der Waals surface area contributed by atoms with Gasteiger partial charge in [-0.2, -0.15) is 0 Å². The molecule has 0 spiro atoms. The summed E-state index contributed by atoms with van der Waals surface area (Å²) in [5, 5.41) is 21.3. The molecule has 4 nitrogen and oxygen atoms in total. The van der Waals surface area contributed by atoms with Crippen LogP contribution in [-0.4, -0.2) is 35.6 Å². The van der Waals surface area contributed by atoms with Crippen LogP contribution in [0.25, 0.3) is 0 Å². The van der Waals surface area contributed by atoms with Crippen LogP contribution < -0.4 is 10.1 Å². The summed E-state index contributed by atoms with van der Waals surface area (Å²) in [5.41, 5.74) is 0.776. The highest BCUT2D eigenvalue weighted by atomic mass is 35.5. The van der Waals surface area contributed by atoms with Gasteiger partial charge in [-0.1, -0.05) is 11.6 Å². The molecular weight excluding hydrogens is 242 g/mol. The minimum atomic E-state index is -0.777. The first kappa shape index (κ1) is 14.1. The van der Waals surface area contributed by atoms with Crippen molar-refractivity contribution in [1.82, 2.24) is 0 Å². The molecule has 0 radical (unpaired) electrons. The van der Waals surface area contributed by atoms with Crippen LogP contribution in [0.1, 0.15) is 13.8 Å². The molecule has 0 bridgehead atoms. The minimum Gasteiger partial charge on any atom is -0.489 e. The van der Waals surface area contributed by atoms with Crippen molar-refractivity contribution in [2.75, 3.05) is 18.5 Å². The summed E-state index contributed by atoms with van der Waals surface area (Å²) in [5.74, 6) is 0.634. The molecule has 3 N–H and O–H groups in total. The standard InChI is InChI=1S/C12H18ClNO3/c1-8(2)17-12-4-3-9(5-11(12)13)14-6-10(16)7-15/h3-5,8,10,14-16H,6-7H2,1-2H3. The smallest absolute Gasteiger partial charge is 0.138 e. The van der Waals surface area contributed by atoms with Gasteiger partial charge in [-0.15, -0.1) is 0 Å². The highest BCUT2D eigenvalue weighted by Crippen LogP contribution is 2.28. The summed E-state index contributed by atoms with van der Waals surface area (Å²) in [6, 6.07) is 5.31. The number of nitrogens with one attached hydrogen (secondary N) is 1. The fourth-order valence-electron chi connectivity index (χ4n) is 1.26. The second-order valence-corrected chi connectivity index (χ2v) is 4.44. The number of anilines is 1. The first-order chi connectivity index (χ1) is 8.02. The Bertz CT molecular complexity index is 358. The van der Waals surface area contributed by atoms with E-state index in [4.69, 9.17) is 21.4 Å². The van der Waals surface area contributed by atoms with Crippen molar-refractivity contribution in [1.29, 1.82) is 0 Å². The van der Waals surface area contributed by atoms with Gasteiger partial charge in [0.2, 0.25) is 0 Å². The average molecular weight is 260 g/mol. The second-order valence-electron chi connectivity index (χ2n) is 4.03. The van der Waals surface area contributed by atoms with Crippen molar-refractivity contribution in [2.45, 2.75) is 26.1 Å². The predicted molar refractivity (Wildman–Crippen MR) is 68.8 cm³/mol. The van der Waals surface area contributed by atoms with E-state index in [0.29, 0.717) is 10.8 Å². The van der Waals surface area contributed by atoms with Crippen LogP contribution in [0.3, 0.4) is 0 Å². The summed E-state index contributed by atoms with van der Waals surface area (Å²) in [7, 11) is 0. The van der Waals surface area contributed by atoms with Crippen LogP contribution >= 0.6 is 11.6 Å². The molecule has 0 fully saturated rings. The maximum Gasteiger partial charge on any atom is 0.138 e. The lowest BCUT2D eigenvalue weighted by molar-refractivity contribution is 0.105. The first-order valence-corrected chi connectivity index (χ1v) is 5.89. The van der Waals surface area contributed by atoms with Crippen LogP contribution in [0, 0.1) is 0 Å². The molecule has 0 aliphatic rings. The van der Waals surface area contributed by atoms with E-state index < -0.39 is 6.10 Å². The number of aliphatic hydroxyl groups excluding tert-OH is 2. The molecular formula is C12H18ClNO3. The second kappa shape index (κ2) is 6.69. The number of hydrogen-bond acceptors (Lipinski definition) is 4. The maximum absolute atomic E-state index is 9.19. The van der Waals surface area contributed by atoms with E-state index in [1.54, 1.807) is 12.1 Å². The molecule has 0 heterocycles. The zero-order valence-electron chi connectivity index (χ0n) is 9.98. The molecule has 0 aliphatic heterocycles. The Kier molecular flexibility index (Phi) is 5.55.